The molecule has 10 heteroatoms. The summed E-state index contributed by atoms with van der Waals surface area (Å²) < 4.78 is 12.1. The molecule has 1 aliphatic heterocycles. The minimum atomic E-state index is -2.08. The topological polar surface area (TPSA) is 123 Å². The summed E-state index contributed by atoms with van der Waals surface area (Å²) in [4.78, 5) is 39.9. The Hall–Kier alpha value is -3.47. The van der Waals surface area contributed by atoms with Crippen molar-refractivity contribution >= 4 is 32.2 Å². The molecule has 3 atom stereocenters. The third kappa shape index (κ3) is 9.51. The maximum Gasteiger partial charge on any atom is 0.325 e. The molecule has 3 rings (SSSR count). The van der Waals surface area contributed by atoms with Gasteiger partial charge in [0.15, 0.2) is 0 Å². The van der Waals surface area contributed by atoms with Gasteiger partial charge < -0.3 is 20.2 Å². The molecule has 0 bridgehead atoms. The van der Waals surface area contributed by atoms with E-state index in [9.17, 15) is 14.4 Å². The van der Waals surface area contributed by atoms with Crippen LogP contribution in [0.1, 0.15) is 64.2 Å². The zero-order valence-electron chi connectivity index (χ0n) is 27.3. The van der Waals surface area contributed by atoms with Gasteiger partial charge in [-0.25, -0.2) is 5.43 Å². The second-order valence-corrected chi connectivity index (χ2v) is 18.1. The van der Waals surface area contributed by atoms with Crippen molar-refractivity contribution in [2.24, 2.45) is 11.7 Å². The Bertz CT molecular complexity index is 1320. The molecule has 4 N–H and O–H groups in total. The van der Waals surface area contributed by atoms with Gasteiger partial charge in [-0.3, -0.25) is 19.4 Å². The number of amides is 2. The van der Waals surface area contributed by atoms with E-state index in [0.717, 1.165) is 22.4 Å². The molecule has 9 nitrogen and oxygen atoms in total. The van der Waals surface area contributed by atoms with E-state index in [1.54, 1.807) is 6.08 Å². The van der Waals surface area contributed by atoms with Crippen molar-refractivity contribution in [2.75, 3.05) is 6.54 Å². The highest BCUT2D eigenvalue weighted by Crippen LogP contribution is 2.37. The first-order chi connectivity index (χ1) is 20.6. The smallest absolute Gasteiger partial charge is 0.325 e. The van der Waals surface area contributed by atoms with Gasteiger partial charge in [0.1, 0.15) is 24.4 Å². The van der Waals surface area contributed by atoms with E-state index in [4.69, 9.17) is 14.9 Å². The van der Waals surface area contributed by atoms with Gasteiger partial charge in [0.05, 0.1) is 6.04 Å². The Kier molecular flexibility index (Phi) is 11.9. The van der Waals surface area contributed by atoms with E-state index in [1.165, 1.54) is 5.01 Å². The summed E-state index contributed by atoms with van der Waals surface area (Å²) in [6.45, 7) is 18.9. The Morgan fingerprint density at radius 3 is 2.48 bits per heavy atom. The highest BCUT2D eigenvalue weighted by molar-refractivity contribution is 6.74. The predicted octanol–water partition coefficient (Wildman–Crippen LogP) is 4.96. The van der Waals surface area contributed by atoms with E-state index < -0.39 is 38.3 Å². The lowest BCUT2D eigenvalue weighted by atomic mass is 10.0. The fourth-order valence-electron chi connectivity index (χ4n) is 4.56. The van der Waals surface area contributed by atoms with Crippen LogP contribution in [0.15, 0.2) is 55.1 Å². The number of nitrogens with two attached hydrogens (primary N) is 1. The lowest BCUT2D eigenvalue weighted by Gasteiger charge is -2.36. The third-order valence-electron chi connectivity index (χ3n) is 8.46. The van der Waals surface area contributed by atoms with Crippen LogP contribution in [0, 0.1) is 5.92 Å². The molecule has 2 aromatic carbocycles. The lowest BCUT2D eigenvalue weighted by Crippen LogP contribution is -2.61. The van der Waals surface area contributed by atoms with Crippen LogP contribution in [-0.4, -0.2) is 55.8 Å². The van der Waals surface area contributed by atoms with Crippen molar-refractivity contribution in [3.8, 4) is 5.75 Å². The van der Waals surface area contributed by atoms with E-state index in [0.29, 0.717) is 19.4 Å². The Morgan fingerprint density at radius 1 is 1.14 bits per heavy atom. The maximum atomic E-state index is 13.9. The van der Waals surface area contributed by atoms with Gasteiger partial charge in [0.25, 0.3) is 5.91 Å². The molecule has 1 saturated heterocycles. The molecule has 2 aromatic rings. The second kappa shape index (κ2) is 15.0. The maximum absolute atomic E-state index is 13.9. The molecule has 0 aliphatic carbocycles. The Morgan fingerprint density at radius 2 is 1.82 bits per heavy atom. The molecule has 2 amide bonds. The van der Waals surface area contributed by atoms with Gasteiger partial charge in [-0.05, 0) is 71.8 Å². The molecule has 0 spiro atoms. The molecule has 1 heterocycles. The van der Waals surface area contributed by atoms with Crippen molar-refractivity contribution in [2.45, 2.75) is 96.7 Å². The number of hydrogen-bond acceptors (Lipinski definition) is 7. The third-order valence-corrected chi connectivity index (χ3v) is 12.8. The molecule has 0 radical (unpaired) electrons. The number of rotatable bonds is 12. The minimum Gasteiger partial charge on any atom is -0.543 e. The van der Waals surface area contributed by atoms with Crippen molar-refractivity contribution in [3.63, 3.8) is 0 Å². The first-order valence-electron chi connectivity index (χ1n) is 15.4. The van der Waals surface area contributed by atoms with Crippen LogP contribution >= 0.6 is 0 Å². The number of hydrogen-bond donors (Lipinski definition) is 3. The number of esters is 1. The number of nitrogens with zero attached hydrogens (tertiary/aromatic N) is 1. The Balaban J connectivity index is 1.75. The molecule has 240 valence electrons. The molecule has 0 saturated carbocycles. The summed E-state index contributed by atoms with van der Waals surface area (Å²) in [6, 6.07) is 12.9. The molecule has 0 aromatic heterocycles. The fraction of sp³-hybridized carbons (Fsp3) is 0.500. The number of hydrazine groups is 1. The highest BCUT2D eigenvalue weighted by atomic mass is 28.4. The van der Waals surface area contributed by atoms with Gasteiger partial charge in [0, 0.05) is 13.0 Å². The van der Waals surface area contributed by atoms with Gasteiger partial charge in [-0.2, -0.15) is 0 Å². The van der Waals surface area contributed by atoms with Crippen LogP contribution in [0.4, 0.5) is 0 Å². The van der Waals surface area contributed by atoms with Crippen LogP contribution in [-0.2, 0) is 32.1 Å². The molecular formula is C34H50N4O5Si. The zero-order chi connectivity index (χ0) is 32.7. The summed E-state index contributed by atoms with van der Waals surface area (Å²) in [5, 5.41) is 4.34. The lowest BCUT2D eigenvalue weighted by molar-refractivity contribution is -0.154. The summed E-state index contributed by atoms with van der Waals surface area (Å²) in [6.07, 6.45) is 3.10. The largest absolute Gasteiger partial charge is 0.543 e. The van der Waals surface area contributed by atoms with Gasteiger partial charge in [-0.1, -0.05) is 77.6 Å². The first kappa shape index (κ1) is 35.0. The predicted molar refractivity (Wildman–Crippen MR) is 177 cm³/mol. The van der Waals surface area contributed by atoms with Crippen LogP contribution < -0.4 is 20.9 Å². The number of carbonyl (C=O) groups excluding carboxylic acids is 3. The minimum absolute atomic E-state index is 0.0235. The summed E-state index contributed by atoms with van der Waals surface area (Å²) in [5.74, 6) is -0.554. The van der Waals surface area contributed by atoms with Crippen LogP contribution in [0.2, 0.25) is 18.1 Å². The van der Waals surface area contributed by atoms with Crippen molar-refractivity contribution in [1.82, 2.24) is 15.8 Å². The molecule has 0 unspecified atom stereocenters. The average Bonchev–Trinajstić information content (AvgIpc) is 2.98. The van der Waals surface area contributed by atoms with Gasteiger partial charge in [-0.15, -0.1) is 0 Å². The average molecular weight is 623 g/mol. The monoisotopic (exact) mass is 622 g/mol. The second-order valence-electron chi connectivity index (χ2n) is 13.4. The van der Waals surface area contributed by atoms with Crippen molar-refractivity contribution in [1.29, 1.82) is 0 Å². The SMILES string of the molecule is C=Cc1cccc(COC(=O)[C@@H]2CCCN(C(=O)[C@H](Cc3cccc(O[Si](C)(C)C(C)(C)C)c3)NC(=O)[C@@H](N)C(C)C)N2)c1. The normalized spacial score (nSPS) is 17.0. The van der Waals surface area contributed by atoms with Crippen molar-refractivity contribution < 1.29 is 23.5 Å². The summed E-state index contributed by atoms with van der Waals surface area (Å²) >= 11 is 0. The van der Waals surface area contributed by atoms with E-state index in [-0.39, 0.29) is 29.9 Å². The molecule has 44 heavy (non-hydrogen) atoms. The van der Waals surface area contributed by atoms with E-state index >= 15 is 0 Å². The Labute approximate surface area is 263 Å². The van der Waals surface area contributed by atoms with Crippen LogP contribution in [0.25, 0.3) is 6.08 Å². The number of benzene rings is 2. The summed E-state index contributed by atoms with van der Waals surface area (Å²) in [5.41, 5.74) is 11.8. The quantitative estimate of drug-likeness (QED) is 0.226. The van der Waals surface area contributed by atoms with Gasteiger partial charge in [0.2, 0.25) is 14.2 Å². The van der Waals surface area contributed by atoms with Crippen LogP contribution in [0.5, 0.6) is 5.75 Å². The van der Waals surface area contributed by atoms with Gasteiger partial charge >= 0.3 is 5.97 Å². The summed E-state index contributed by atoms with van der Waals surface area (Å²) in [7, 11) is -2.08. The van der Waals surface area contributed by atoms with E-state index in [2.05, 4.69) is 51.2 Å². The van der Waals surface area contributed by atoms with Crippen molar-refractivity contribution in [3.05, 3.63) is 71.8 Å². The number of carbonyl (C=O) groups is 3. The number of nitrogens with one attached hydrogen (secondary N) is 2. The molecule has 1 fully saturated rings. The van der Waals surface area contributed by atoms with Crippen LogP contribution in [0.3, 0.4) is 0 Å². The fourth-order valence-corrected chi connectivity index (χ4v) is 5.58. The van der Waals surface area contributed by atoms with E-state index in [1.807, 2.05) is 62.4 Å². The standard InChI is InChI=1S/C34H50N4O5Si/c1-9-24-13-10-15-26(19-24)22-42-33(41)28-17-12-18-38(37-28)32(40)29(36-31(39)30(35)23(2)3)21-25-14-11-16-27(20-25)43-44(7,8)34(4,5)6/h9-11,13-16,19-20,23,28-30,37H,1,12,17-18,21-22,35H2,2-8H3,(H,36,39)/t28-,29-,30-/m0/s1. The first-order valence-corrected chi connectivity index (χ1v) is 18.3. The zero-order valence-corrected chi connectivity index (χ0v) is 28.3. The molecular weight excluding hydrogens is 572 g/mol. The molecule has 1 aliphatic rings. The highest BCUT2D eigenvalue weighted by Gasteiger charge is 2.39. The number of ether oxygens (including phenoxy) is 1.